The van der Waals surface area contributed by atoms with E-state index in [0.717, 1.165) is 17.7 Å². The summed E-state index contributed by atoms with van der Waals surface area (Å²) in [5.74, 6) is 0. The van der Waals surface area contributed by atoms with E-state index in [1.54, 1.807) is 13.8 Å². The van der Waals surface area contributed by atoms with Crippen molar-refractivity contribution in [3.05, 3.63) is 35.4 Å². The first kappa shape index (κ1) is 16.3. The van der Waals surface area contributed by atoms with Crippen LogP contribution in [0.25, 0.3) is 0 Å². The summed E-state index contributed by atoms with van der Waals surface area (Å²) in [4.78, 5) is 1.45. The highest BCUT2D eigenvalue weighted by atomic mass is 19.4. The number of rotatable bonds is 7. The number of hydrogen-bond donors (Lipinski definition) is 1. The lowest BCUT2D eigenvalue weighted by atomic mass is 10.1. The minimum atomic E-state index is -4.16. The minimum absolute atomic E-state index is 0.139. The minimum Gasteiger partial charge on any atom is -0.310 e. The Kier molecular flexibility index (Phi) is 5.27. The molecular weight excluding hydrogens is 277 g/mol. The highest BCUT2D eigenvalue weighted by Gasteiger charge is 2.31. The van der Waals surface area contributed by atoms with E-state index in [0.29, 0.717) is 12.6 Å². The molecule has 2 nitrogen and oxygen atoms in total. The van der Waals surface area contributed by atoms with Gasteiger partial charge in [0.2, 0.25) is 0 Å². The van der Waals surface area contributed by atoms with Gasteiger partial charge in [-0.05, 0) is 37.8 Å². The zero-order chi connectivity index (χ0) is 15.5. The summed E-state index contributed by atoms with van der Waals surface area (Å²) in [5, 5.41) is 3.42. The van der Waals surface area contributed by atoms with Gasteiger partial charge in [-0.1, -0.05) is 24.3 Å². The molecule has 21 heavy (non-hydrogen) atoms. The van der Waals surface area contributed by atoms with Crippen molar-refractivity contribution < 1.29 is 13.2 Å². The summed E-state index contributed by atoms with van der Waals surface area (Å²) >= 11 is 0. The molecule has 0 unspecified atom stereocenters. The van der Waals surface area contributed by atoms with Crippen molar-refractivity contribution in [3.63, 3.8) is 0 Å². The van der Waals surface area contributed by atoms with Gasteiger partial charge in [0.05, 0.1) is 6.54 Å². The number of hydrogen-bond acceptors (Lipinski definition) is 2. The summed E-state index contributed by atoms with van der Waals surface area (Å²) in [7, 11) is 0. The number of nitrogens with zero attached hydrogens (tertiary/aromatic N) is 1. The molecule has 0 aliphatic heterocycles. The van der Waals surface area contributed by atoms with E-state index in [4.69, 9.17) is 0 Å². The molecule has 1 N–H and O–H groups in total. The van der Waals surface area contributed by atoms with Crippen molar-refractivity contribution >= 4 is 0 Å². The molecule has 1 aromatic carbocycles. The van der Waals surface area contributed by atoms with E-state index in [1.165, 1.54) is 17.7 Å². The van der Waals surface area contributed by atoms with Crippen LogP contribution in [-0.4, -0.2) is 29.7 Å². The van der Waals surface area contributed by atoms with E-state index in [9.17, 15) is 13.2 Å². The lowest BCUT2D eigenvalue weighted by Gasteiger charge is -2.27. The van der Waals surface area contributed by atoms with Gasteiger partial charge in [0.1, 0.15) is 0 Å². The molecule has 0 spiro atoms. The fourth-order valence-corrected chi connectivity index (χ4v) is 2.27. The van der Waals surface area contributed by atoms with Crippen LogP contribution in [0.2, 0.25) is 0 Å². The van der Waals surface area contributed by atoms with Crippen LogP contribution in [-0.2, 0) is 13.1 Å². The first-order valence-electron chi connectivity index (χ1n) is 7.45. The molecule has 1 aliphatic carbocycles. The highest BCUT2D eigenvalue weighted by molar-refractivity contribution is 5.23. The highest BCUT2D eigenvalue weighted by Crippen LogP contribution is 2.21. The lowest BCUT2D eigenvalue weighted by molar-refractivity contribution is -0.150. The third-order valence-electron chi connectivity index (χ3n) is 3.66. The summed E-state index contributed by atoms with van der Waals surface area (Å²) < 4.78 is 37.8. The molecular formula is C16H23F3N2. The molecule has 0 amide bonds. The Balaban J connectivity index is 1.96. The average molecular weight is 300 g/mol. The number of halogens is 3. The van der Waals surface area contributed by atoms with Crippen LogP contribution in [0.4, 0.5) is 13.2 Å². The second-order valence-corrected chi connectivity index (χ2v) is 6.09. The molecule has 2 rings (SSSR count). The van der Waals surface area contributed by atoms with Crippen LogP contribution in [0.5, 0.6) is 0 Å². The van der Waals surface area contributed by atoms with E-state index < -0.39 is 12.7 Å². The van der Waals surface area contributed by atoms with Crippen molar-refractivity contribution in [1.29, 1.82) is 0 Å². The first-order valence-corrected chi connectivity index (χ1v) is 7.45. The molecule has 0 bridgehead atoms. The van der Waals surface area contributed by atoms with Crippen molar-refractivity contribution in [3.8, 4) is 0 Å². The zero-order valence-electron chi connectivity index (χ0n) is 12.6. The second kappa shape index (κ2) is 6.79. The molecule has 118 valence electrons. The van der Waals surface area contributed by atoms with Crippen molar-refractivity contribution in [2.75, 3.05) is 6.54 Å². The van der Waals surface area contributed by atoms with Gasteiger partial charge in [-0.3, -0.25) is 4.90 Å². The van der Waals surface area contributed by atoms with E-state index >= 15 is 0 Å². The Bertz CT molecular complexity index is 453. The fraction of sp³-hybridized carbons (Fsp3) is 0.625. The summed E-state index contributed by atoms with van der Waals surface area (Å²) in [6.45, 7) is 3.84. The SMILES string of the molecule is CC(C)N(Cc1cccc(CNC2CC2)c1)CC(F)(F)F. The van der Waals surface area contributed by atoms with Crippen LogP contribution in [0.1, 0.15) is 37.8 Å². The van der Waals surface area contributed by atoms with Crippen LogP contribution < -0.4 is 5.32 Å². The molecule has 0 aromatic heterocycles. The van der Waals surface area contributed by atoms with Crippen LogP contribution >= 0.6 is 0 Å². The summed E-state index contributed by atoms with van der Waals surface area (Å²) in [5.41, 5.74) is 2.07. The van der Waals surface area contributed by atoms with Gasteiger partial charge in [-0.15, -0.1) is 0 Å². The standard InChI is InChI=1S/C16H23F3N2/c1-12(2)21(11-16(17,18)19)10-14-5-3-4-13(8-14)9-20-15-6-7-15/h3-5,8,12,15,20H,6-7,9-11H2,1-2H3. The molecule has 1 saturated carbocycles. The smallest absolute Gasteiger partial charge is 0.310 e. The Morgan fingerprint density at radius 3 is 2.48 bits per heavy atom. The second-order valence-electron chi connectivity index (χ2n) is 6.09. The summed E-state index contributed by atoms with van der Waals surface area (Å²) in [6, 6.07) is 8.33. The average Bonchev–Trinajstić information content (AvgIpc) is 3.18. The summed E-state index contributed by atoms with van der Waals surface area (Å²) in [6.07, 6.45) is -1.70. The largest absolute Gasteiger partial charge is 0.401 e. The normalized spacial score (nSPS) is 16.0. The van der Waals surface area contributed by atoms with Crippen molar-refractivity contribution in [2.24, 2.45) is 0 Å². The quantitative estimate of drug-likeness (QED) is 0.826. The zero-order valence-corrected chi connectivity index (χ0v) is 12.6. The maximum Gasteiger partial charge on any atom is 0.401 e. The molecule has 5 heteroatoms. The molecule has 1 aliphatic rings. The molecule has 0 atom stereocenters. The van der Waals surface area contributed by atoms with Crippen LogP contribution in [0.3, 0.4) is 0 Å². The topological polar surface area (TPSA) is 15.3 Å². The third kappa shape index (κ3) is 6.06. The van der Waals surface area contributed by atoms with Gasteiger partial charge in [0, 0.05) is 25.2 Å². The molecule has 1 fully saturated rings. The molecule has 0 heterocycles. The number of benzene rings is 1. The molecule has 0 radical (unpaired) electrons. The monoisotopic (exact) mass is 300 g/mol. The fourth-order valence-electron chi connectivity index (χ4n) is 2.27. The maximum atomic E-state index is 12.6. The predicted molar refractivity (Wildman–Crippen MR) is 77.9 cm³/mol. The van der Waals surface area contributed by atoms with Gasteiger partial charge < -0.3 is 5.32 Å². The number of alkyl halides is 3. The van der Waals surface area contributed by atoms with Crippen LogP contribution in [0.15, 0.2) is 24.3 Å². The van der Waals surface area contributed by atoms with E-state index in [2.05, 4.69) is 5.32 Å². The Labute approximate surface area is 124 Å². The van der Waals surface area contributed by atoms with Crippen LogP contribution in [0, 0.1) is 0 Å². The van der Waals surface area contributed by atoms with E-state index in [1.807, 2.05) is 24.3 Å². The molecule has 1 aromatic rings. The third-order valence-corrected chi connectivity index (χ3v) is 3.66. The lowest BCUT2D eigenvalue weighted by Crippen LogP contribution is -2.38. The maximum absolute atomic E-state index is 12.6. The Morgan fingerprint density at radius 2 is 1.90 bits per heavy atom. The Hall–Kier alpha value is -1.07. The van der Waals surface area contributed by atoms with Crippen molar-refractivity contribution in [2.45, 2.75) is 58.0 Å². The van der Waals surface area contributed by atoms with Gasteiger partial charge in [-0.25, -0.2) is 0 Å². The molecule has 0 saturated heterocycles. The van der Waals surface area contributed by atoms with Crippen molar-refractivity contribution in [1.82, 2.24) is 10.2 Å². The predicted octanol–water partition coefficient (Wildman–Crippen LogP) is 3.71. The van der Waals surface area contributed by atoms with E-state index in [-0.39, 0.29) is 6.04 Å². The number of nitrogens with one attached hydrogen (secondary N) is 1. The van der Waals surface area contributed by atoms with Gasteiger partial charge in [-0.2, -0.15) is 13.2 Å². The van der Waals surface area contributed by atoms with Gasteiger partial charge in [0.15, 0.2) is 0 Å². The van der Waals surface area contributed by atoms with Gasteiger partial charge >= 0.3 is 6.18 Å². The Morgan fingerprint density at radius 1 is 1.24 bits per heavy atom. The van der Waals surface area contributed by atoms with Gasteiger partial charge in [0.25, 0.3) is 0 Å². The first-order chi connectivity index (χ1) is 9.83.